The predicted molar refractivity (Wildman–Crippen MR) is 191 cm³/mol. The third kappa shape index (κ3) is 2.79. The molecule has 8 nitrogen and oxygen atoms in total. The lowest BCUT2D eigenvalue weighted by Crippen LogP contribution is -1.98. The number of fused-ring (bicyclic) bond motifs is 16. The van der Waals surface area contributed by atoms with Gasteiger partial charge in [-0.1, -0.05) is 60.7 Å². The average molecular weight is 613 g/mol. The highest BCUT2D eigenvalue weighted by atomic mass is 15.1. The lowest BCUT2D eigenvalue weighted by atomic mass is 10.0. The summed E-state index contributed by atoms with van der Waals surface area (Å²) in [6.45, 7) is 0. The van der Waals surface area contributed by atoms with Crippen LogP contribution in [0.1, 0.15) is 0 Å². The van der Waals surface area contributed by atoms with Crippen LogP contribution in [0.3, 0.4) is 0 Å². The maximum absolute atomic E-state index is 5.60. The van der Waals surface area contributed by atoms with Gasteiger partial charge in [-0.25, -0.2) is 19.9 Å². The minimum absolute atomic E-state index is 0.824. The van der Waals surface area contributed by atoms with E-state index in [1.165, 1.54) is 0 Å². The van der Waals surface area contributed by atoms with Gasteiger partial charge in [0, 0.05) is 91.4 Å². The summed E-state index contributed by atoms with van der Waals surface area (Å²) in [6.07, 6.45) is 11.6. The summed E-state index contributed by atoms with van der Waals surface area (Å²) in [4.78, 5) is 30.7. The van der Waals surface area contributed by atoms with E-state index >= 15 is 0 Å². The van der Waals surface area contributed by atoms with Crippen molar-refractivity contribution in [3.8, 4) is 22.5 Å². The molecule has 9 heterocycles. The lowest BCUT2D eigenvalue weighted by Gasteiger charge is -2.13. The second-order valence-corrected chi connectivity index (χ2v) is 12.4. The Hall–Kier alpha value is -6.80. The van der Waals surface area contributed by atoms with Crippen molar-refractivity contribution in [1.29, 1.82) is 0 Å². The number of nitrogens with zero attached hydrogens (tertiary/aromatic N) is 8. The summed E-state index contributed by atoms with van der Waals surface area (Å²) in [5.74, 6) is 0. The van der Waals surface area contributed by atoms with Gasteiger partial charge in [-0.3, -0.25) is 18.8 Å². The summed E-state index contributed by atoms with van der Waals surface area (Å²) < 4.78 is 4.62. The molecule has 0 N–H and O–H groups in total. The van der Waals surface area contributed by atoms with E-state index in [1.807, 2.05) is 61.4 Å². The highest BCUT2D eigenvalue weighted by molar-refractivity contribution is 6.39. The number of benzene rings is 3. The molecule has 0 saturated carbocycles. The average Bonchev–Trinajstić information content (AvgIpc) is 3.89. The van der Waals surface area contributed by atoms with Gasteiger partial charge < -0.3 is 0 Å². The molecule has 12 rings (SSSR count). The normalized spacial score (nSPS) is 12.6. The Morgan fingerprint density at radius 3 is 1.29 bits per heavy atom. The molecule has 0 atom stereocenters. The Bertz CT molecular complexity index is 3050. The van der Waals surface area contributed by atoms with Gasteiger partial charge in [0.25, 0.3) is 0 Å². The molecule has 8 heteroatoms. The molecule has 220 valence electrons. The first kappa shape index (κ1) is 24.4. The molecule has 0 aliphatic rings. The molecule has 0 bridgehead atoms. The molecule has 0 unspecified atom stereocenters. The lowest BCUT2D eigenvalue weighted by molar-refractivity contribution is 1.24. The second kappa shape index (κ2) is 8.51. The minimum Gasteiger partial charge on any atom is -0.290 e. The van der Waals surface area contributed by atoms with Crippen LogP contribution in [0.25, 0.3) is 110 Å². The van der Waals surface area contributed by atoms with Crippen LogP contribution in [0.15, 0.2) is 122 Å². The zero-order valence-electron chi connectivity index (χ0n) is 25.1. The number of hydrogen-bond acceptors (Lipinski definition) is 6. The van der Waals surface area contributed by atoms with Crippen molar-refractivity contribution >= 4 is 87.5 Å². The van der Waals surface area contributed by atoms with E-state index in [0.717, 1.165) is 110 Å². The predicted octanol–water partition coefficient (Wildman–Crippen LogP) is 8.84. The Labute approximate surface area is 270 Å². The fourth-order valence-electron chi connectivity index (χ4n) is 8.15. The van der Waals surface area contributed by atoms with Gasteiger partial charge in [0.1, 0.15) is 22.3 Å². The van der Waals surface area contributed by atoms with Gasteiger partial charge in [0.2, 0.25) is 0 Å². The topological polar surface area (TPSA) is 86.2 Å². The van der Waals surface area contributed by atoms with Crippen molar-refractivity contribution in [2.24, 2.45) is 0 Å². The van der Waals surface area contributed by atoms with Crippen molar-refractivity contribution in [1.82, 2.24) is 38.7 Å². The molecule has 0 fully saturated rings. The first-order valence-electron chi connectivity index (χ1n) is 15.9. The summed E-state index contributed by atoms with van der Waals surface area (Å²) in [5.41, 5.74) is 11.3. The van der Waals surface area contributed by atoms with Crippen LogP contribution in [-0.2, 0) is 0 Å². The molecule has 0 amide bonds. The van der Waals surface area contributed by atoms with E-state index in [9.17, 15) is 0 Å². The van der Waals surface area contributed by atoms with Crippen LogP contribution in [-0.4, -0.2) is 38.7 Å². The third-order valence-electron chi connectivity index (χ3n) is 10.0. The molecule has 9 aromatic heterocycles. The third-order valence-corrected chi connectivity index (χ3v) is 10.0. The molecule has 0 radical (unpaired) electrons. The monoisotopic (exact) mass is 612 g/mol. The van der Waals surface area contributed by atoms with Gasteiger partial charge in [0.15, 0.2) is 0 Å². The van der Waals surface area contributed by atoms with Crippen molar-refractivity contribution in [2.75, 3.05) is 0 Å². The van der Waals surface area contributed by atoms with Crippen LogP contribution in [0.4, 0.5) is 0 Å². The largest absolute Gasteiger partial charge is 0.290 e. The molecular formula is C40H20N8. The Balaban J connectivity index is 1.45. The van der Waals surface area contributed by atoms with Crippen LogP contribution in [0.5, 0.6) is 0 Å². The minimum atomic E-state index is 0.824. The maximum atomic E-state index is 5.60. The Kier molecular flexibility index (Phi) is 4.33. The maximum Gasteiger partial charge on any atom is 0.145 e. The van der Waals surface area contributed by atoms with Crippen LogP contribution in [0.2, 0.25) is 0 Å². The molecule has 0 spiro atoms. The van der Waals surface area contributed by atoms with Gasteiger partial charge >= 0.3 is 0 Å². The second-order valence-electron chi connectivity index (χ2n) is 12.4. The van der Waals surface area contributed by atoms with E-state index in [1.54, 1.807) is 0 Å². The molecule has 0 saturated heterocycles. The van der Waals surface area contributed by atoms with E-state index in [0.29, 0.717) is 0 Å². The fraction of sp³-hybridized carbons (Fsp3) is 0. The van der Waals surface area contributed by atoms with E-state index < -0.39 is 0 Å². The summed E-state index contributed by atoms with van der Waals surface area (Å²) in [7, 11) is 0. The number of rotatable bonds is 2. The van der Waals surface area contributed by atoms with Gasteiger partial charge in [-0.2, -0.15) is 0 Å². The smallest absolute Gasteiger partial charge is 0.145 e. The molecular weight excluding hydrogens is 592 g/mol. The van der Waals surface area contributed by atoms with E-state index in [-0.39, 0.29) is 0 Å². The highest BCUT2D eigenvalue weighted by Gasteiger charge is 2.30. The van der Waals surface area contributed by atoms with Gasteiger partial charge in [-0.05, 0) is 24.3 Å². The number of hydrogen-bond donors (Lipinski definition) is 0. The van der Waals surface area contributed by atoms with Crippen molar-refractivity contribution in [3.63, 3.8) is 0 Å². The summed E-state index contributed by atoms with van der Waals surface area (Å²) >= 11 is 0. The molecule has 12 aromatic rings. The highest BCUT2D eigenvalue weighted by Crippen LogP contribution is 2.49. The zero-order valence-corrected chi connectivity index (χ0v) is 25.1. The molecule has 0 aliphatic carbocycles. The first-order chi connectivity index (χ1) is 23.9. The summed E-state index contributed by atoms with van der Waals surface area (Å²) in [5, 5.41) is 8.28. The standard InChI is InChI=1S/C40H20N8/c1-3-9-21(10-4-1)31-32(22-11-5-2-6-12-22)46-34-30-28-20-42-18-26-24-14-8-16-44-40(24)48(36(26)28)38(30)37-29(33(34)45-31)27-19-41-17-25-23-13-7-15-43-39(23)47(37)35(25)27/h1-20H. The van der Waals surface area contributed by atoms with E-state index in [2.05, 4.69) is 69.5 Å². The SMILES string of the molecule is c1ccc(-c2nc3c(nc2-c2ccccc2)c2c4cncc5c6cccnc6n(c54)c2c2c3c3cncc4c5cccnc5n2c43)cc1. The van der Waals surface area contributed by atoms with Crippen molar-refractivity contribution < 1.29 is 0 Å². The van der Waals surface area contributed by atoms with Gasteiger partial charge in [-0.15, -0.1) is 0 Å². The van der Waals surface area contributed by atoms with Crippen molar-refractivity contribution in [3.05, 3.63) is 122 Å². The van der Waals surface area contributed by atoms with E-state index in [4.69, 9.17) is 29.9 Å². The first-order valence-corrected chi connectivity index (χ1v) is 15.9. The van der Waals surface area contributed by atoms with Crippen LogP contribution >= 0.6 is 0 Å². The molecule has 48 heavy (non-hydrogen) atoms. The molecule has 3 aromatic carbocycles. The quantitative estimate of drug-likeness (QED) is 0.194. The Morgan fingerprint density at radius 1 is 0.396 bits per heavy atom. The van der Waals surface area contributed by atoms with Crippen LogP contribution < -0.4 is 0 Å². The Morgan fingerprint density at radius 2 is 0.833 bits per heavy atom. The van der Waals surface area contributed by atoms with Crippen LogP contribution in [0, 0.1) is 0 Å². The zero-order chi connectivity index (χ0) is 31.1. The fourth-order valence-corrected chi connectivity index (χ4v) is 8.15. The van der Waals surface area contributed by atoms with Gasteiger partial charge in [0.05, 0.1) is 33.5 Å². The summed E-state index contributed by atoms with van der Waals surface area (Å²) in [6, 6.07) is 28.9. The van der Waals surface area contributed by atoms with Crippen molar-refractivity contribution in [2.45, 2.75) is 0 Å². The molecule has 0 aliphatic heterocycles. The number of pyridine rings is 4. The number of aromatic nitrogens is 8.